The number of hydrogen-bond acceptors (Lipinski definition) is 2. The average Bonchev–Trinajstić information content (AvgIpc) is 2.53. The second-order valence-electron chi connectivity index (χ2n) is 5.94. The van der Waals surface area contributed by atoms with Crippen LogP contribution >= 0.6 is 22.6 Å². The topological polar surface area (TPSA) is 26.3 Å². The van der Waals surface area contributed by atoms with Gasteiger partial charge >= 0.3 is 5.97 Å². The van der Waals surface area contributed by atoms with Gasteiger partial charge in [-0.1, -0.05) is 79.1 Å². The molecule has 21 heavy (non-hydrogen) atoms. The van der Waals surface area contributed by atoms with E-state index in [1.165, 1.54) is 23.7 Å². The summed E-state index contributed by atoms with van der Waals surface area (Å²) in [6.07, 6.45) is 5.78. The molecule has 0 spiro atoms. The quantitative estimate of drug-likeness (QED) is 0.382. The summed E-state index contributed by atoms with van der Waals surface area (Å²) in [6.45, 7) is 2.62. The summed E-state index contributed by atoms with van der Waals surface area (Å²) in [7, 11) is 0. The van der Waals surface area contributed by atoms with E-state index < -0.39 is 0 Å². The van der Waals surface area contributed by atoms with Gasteiger partial charge in [-0.25, -0.2) is 0 Å². The van der Waals surface area contributed by atoms with E-state index in [0.29, 0.717) is 18.4 Å². The average molecular weight is 400 g/mol. The lowest BCUT2D eigenvalue weighted by molar-refractivity contribution is -0.154. The van der Waals surface area contributed by atoms with E-state index in [1.807, 2.05) is 30.3 Å². The molecule has 0 heterocycles. The van der Waals surface area contributed by atoms with Gasteiger partial charge in [-0.15, -0.1) is 0 Å². The van der Waals surface area contributed by atoms with Gasteiger partial charge in [0.1, 0.15) is 6.61 Å². The Morgan fingerprint density at radius 3 is 2.71 bits per heavy atom. The van der Waals surface area contributed by atoms with E-state index in [-0.39, 0.29) is 11.9 Å². The van der Waals surface area contributed by atoms with Crippen molar-refractivity contribution in [3.8, 4) is 0 Å². The molecule has 3 heteroatoms. The van der Waals surface area contributed by atoms with Crippen LogP contribution in [0.3, 0.4) is 0 Å². The van der Waals surface area contributed by atoms with Gasteiger partial charge in [0.25, 0.3) is 0 Å². The van der Waals surface area contributed by atoms with Gasteiger partial charge in [-0.3, -0.25) is 4.79 Å². The van der Waals surface area contributed by atoms with Crippen molar-refractivity contribution in [2.24, 2.45) is 17.8 Å². The van der Waals surface area contributed by atoms with Gasteiger partial charge in [-0.05, 0) is 34.7 Å². The second kappa shape index (κ2) is 8.76. The van der Waals surface area contributed by atoms with Crippen LogP contribution in [0.15, 0.2) is 30.3 Å². The summed E-state index contributed by atoms with van der Waals surface area (Å²) < 4.78 is 6.77. The van der Waals surface area contributed by atoms with Crippen molar-refractivity contribution < 1.29 is 9.53 Å². The lowest BCUT2D eigenvalue weighted by Crippen LogP contribution is -2.34. The largest absolute Gasteiger partial charge is 0.461 e. The van der Waals surface area contributed by atoms with Crippen molar-refractivity contribution in [3.05, 3.63) is 35.9 Å². The Balaban J connectivity index is 1.93. The van der Waals surface area contributed by atoms with E-state index in [9.17, 15) is 4.79 Å². The zero-order valence-electron chi connectivity index (χ0n) is 12.8. The highest BCUT2D eigenvalue weighted by atomic mass is 127. The van der Waals surface area contributed by atoms with Crippen LogP contribution in [0.1, 0.15) is 44.6 Å². The number of carbonyl (C=O) groups is 1. The van der Waals surface area contributed by atoms with Gasteiger partial charge in [0, 0.05) is 0 Å². The summed E-state index contributed by atoms with van der Waals surface area (Å²) >= 11 is 2.45. The summed E-state index contributed by atoms with van der Waals surface area (Å²) in [5.41, 5.74) is 1.07. The van der Waals surface area contributed by atoms with Crippen LogP contribution in [0.4, 0.5) is 0 Å². The fourth-order valence-electron chi connectivity index (χ4n) is 3.60. The Hall–Kier alpha value is -0.580. The molecular weight excluding hydrogens is 375 g/mol. The minimum atomic E-state index is 0.0175. The maximum atomic E-state index is 12.5. The molecule has 2 rings (SSSR count). The smallest absolute Gasteiger partial charge is 0.309 e. The normalized spacial score (nSPS) is 25.5. The predicted molar refractivity (Wildman–Crippen MR) is 94.4 cm³/mol. The van der Waals surface area contributed by atoms with Crippen LogP contribution in [0.5, 0.6) is 0 Å². The number of carbonyl (C=O) groups excluding carboxylic acids is 1. The van der Waals surface area contributed by atoms with E-state index >= 15 is 0 Å². The van der Waals surface area contributed by atoms with Crippen molar-refractivity contribution in [3.63, 3.8) is 0 Å². The standard InChI is InChI=1S/C18H25IO2/c1-2-16-15(11-12-19)9-6-10-17(16)18(20)21-13-14-7-4-3-5-8-14/h3-5,7-8,15-17H,2,6,9-13H2,1H3. The first kappa shape index (κ1) is 16.8. The minimum absolute atomic E-state index is 0.0175. The number of halogens is 1. The molecule has 116 valence electrons. The molecule has 1 aromatic rings. The molecule has 3 unspecified atom stereocenters. The summed E-state index contributed by atoms with van der Waals surface area (Å²) in [5.74, 6) is 1.34. The third-order valence-electron chi connectivity index (χ3n) is 4.69. The van der Waals surface area contributed by atoms with Crippen molar-refractivity contribution in [2.45, 2.75) is 45.6 Å². The Labute approximate surface area is 141 Å². The van der Waals surface area contributed by atoms with Crippen LogP contribution in [-0.4, -0.2) is 10.4 Å². The van der Waals surface area contributed by atoms with Crippen LogP contribution in [0, 0.1) is 17.8 Å². The molecule has 1 aromatic carbocycles. The SMILES string of the molecule is CCC1C(CCI)CCCC1C(=O)OCc1ccccc1. The number of hydrogen-bond donors (Lipinski definition) is 0. The number of ether oxygens (including phenoxy) is 1. The van der Waals surface area contributed by atoms with Crippen molar-refractivity contribution in [2.75, 3.05) is 4.43 Å². The number of benzene rings is 1. The zero-order chi connectivity index (χ0) is 15.1. The van der Waals surface area contributed by atoms with Gasteiger partial charge in [0.05, 0.1) is 5.92 Å². The maximum absolute atomic E-state index is 12.5. The van der Waals surface area contributed by atoms with Crippen molar-refractivity contribution >= 4 is 28.6 Å². The van der Waals surface area contributed by atoms with E-state index in [0.717, 1.165) is 18.4 Å². The molecule has 0 bridgehead atoms. The molecule has 0 amide bonds. The first-order valence-electron chi connectivity index (χ1n) is 8.02. The van der Waals surface area contributed by atoms with Crippen molar-refractivity contribution in [1.29, 1.82) is 0 Å². The van der Waals surface area contributed by atoms with E-state index in [4.69, 9.17) is 4.74 Å². The molecule has 0 N–H and O–H groups in total. The molecule has 1 aliphatic carbocycles. The summed E-state index contributed by atoms with van der Waals surface area (Å²) in [6, 6.07) is 9.95. The molecule has 3 atom stereocenters. The molecule has 0 aromatic heterocycles. The monoisotopic (exact) mass is 400 g/mol. The van der Waals surface area contributed by atoms with Gasteiger partial charge in [0.2, 0.25) is 0 Å². The highest BCUT2D eigenvalue weighted by Crippen LogP contribution is 2.39. The van der Waals surface area contributed by atoms with Crippen LogP contribution in [-0.2, 0) is 16.1 Å². The Morgan fingerprint density at radius 2 is 2.05 bits per heavy atom. The van der Waals surface area contributed by atoms with Crippen LogP contribution < -0.4 is 0 Å². The fraction of sp³-hybridized carbons (Fsp3) is 0.611. The summed E-state index contributed by atoms with van der Waals surface area (Å²) in [4.78, 5) is 12.5. The minimum Gasteiger partial charge on any atom is -0.461 e. The van der Waals surface area contributed by atoms with Gasteiger partial charge in [0.15, 0.2) is 0 Å². The molecule has 1 saturated carbocycles. The molecule has 2 nitrogen and oxygen atoms in total. The Morgan fingerprint density at radius 1 is 1.29 bits per heavy atom. The van der Waals surface area contributed by atoms with Crippen molar-refractivity contribution in [1.82, 2.24) is 0 Å². The van der Waals surface area contributed by atoms with Gasteiger partial charge < -0.3 is 4.74 Å². The number of alkyl halides is 1. The molecule has 0 saturated heterocycles. The summed E-state index contributed by atoms with van der Waals surface area (Å²) in [5, 5.41) is 0. The highest BCUT2D eigenvalue weighted by Gasteiger charge is 2.36. The second-order valence-corrected chi connectivity index (χ2v) is 7.02. The molecular formula is C18H25IO2. The maximum Gasteiger partial charge on any atom is 0.309 e. The van der Waals surface area contributed by atoms with E-state index in [2.05, 4.69) is 29.5 Å². The van der Waals surface area contributed by atoms with Crippen LogP contribution in [0.2, 0.25) is 0 Å². The molecule has 0 aliphatic heterocycles. The fourth-order valence-corrected chi connectivity index (χ4v) is 4.40. The predicted octanol–water partition coefficient (Wildman–Crippen LogP) is 5.00. The van der Waals surface area contributed by atoms with Gasteiger partial charge in [-0.2, -0.15) is 0 Å². The first-order valence-corrected chi connectivity index (χ1v) is 9.55. The Kier molecular flexibility index (Phi) is 7.00. The Bertz CT molecular complexity index is 430. The zero-order valence-corrected chi connectivity index (χ0v) is 14.9. The molecule has 1 fully saturated rings. The van der Waals surface area contributed by atoms with E-state index in [1.54, 1.807) is 0 Å². The molecule has 1 aliphatic rings. The number of esters is 1. The number of rotatable bonds is 6. The lowest BCUT2D eigenvalue weighted by atomic mass is 9.70. The lowest BCUT2D eigenvalue weighted by Gasteiger charge is -2.36. The highest BCUT2D eigenvalue weighted by molar-refractivity contribution is 14.1. The third kappa shape index (κ3) is 4.70. The molecule has 0 radical (unpaired) electrons. The van der Waals surface area contributed by atoms with Crippen LogP contribution in [0.25, 0.3) is 0 Å². The third-order valence-corrected chi connectivity index (χ3v) is 5.31. The first-order chi connectivity index (χ1) is 10.3.